The molecular weight excluding hydrogens is 326 g/mol. The molecule has 0 aromatic heterocycles. The lowest BCUT2D eigenvalue weighted by Crippen LogP contribution is -2.60. The third-order valence-corrected chi connectivity index (χ3v) is 3.73. The molecule has 0 radical (unpaired) electrons. The van der Waals surface area contributed by atoms with Crippen molar-refractivity contribution < 1.29 is 39.2 Å². The summed E-state index contributed by atoms with van der Waals surface area (Å²) in [4.78, 5) is 47.8. The Kier molecular flexibility index (Phi) is 6.92. The minimum atomic E-state index is -1.35. The molecule has 0 spiro atoms. The van der Waals surface area contributed by atoms with Gasteiger partial charge in [-0.1, -0.05) is 0 Å². The van der Waals surface area contributed by atoms with E-state index in [0.717, 1.165) is 4.90 Å². The molecule has 0 atom stereocenters. The number of hydrogen-bond acceptors (Lipinski definition) is 7. The molecule has 1 aliphatic heterocycles. The van der Waals surface area contributed by atoms with E-state index in [-0.39, 0.29) is 45.7 Å². The number of amides is 1. The van der Waals surface area contributed by atoms with Gasteiger partial charge in [0.05, 0.1) is 18.6 Å². The normalized spacial score (nSPS) is 18.4. The molecule has 0 unspecified atom stereocenters. The fourth-order valence-electron chi connectivity index (χ4n) is 2.82. The van der Waals surface area contributed by atoms with Crippen LogP contribution in [0.1, 0.15) is 6.92 Å². The van der Waals surface area contributed by atoms with Gasteiger partial charge >= 0.3 is 18.0 Å². The van der Waals surface area contributed by atoms with Gasteiger partial charge < -0.3 is 20.1 Å². The van der Waals surface area contributed by atoms with Crippen LogP contribution in [0.4, 0.5) is 4.79 Å². The molecule has 24 heavy (non-hydrogen) atoms. The van der Waals surface area contributed by atoms with Crippen molar-refractivity contribution in [2.75, 3.05) is 46.0 Å². The van der Waals surface area contributed by atoms with Crippen LogP contribution in [0, 0.1) is 0 Å². The standard InChI is InChI=1S/C13H21N3O8/c1-13(16(12(22)23)8-24-9-17)6-14(4-10(18)19)2-3-15(7-13)5-11(20)21/h9H,2-8H2,1H3,(H,18,19)(H,20,21)(H,22,23). The van der Waals surface area contributed by atoms with Gasteiger partial charge in [0.25, 0.3) is 6.47 Å². The molecule has 1 saturated heterocycles. The fourth-order valence-corrected chi connectivity index (χ4v) is 2.82. The van der Waals surface area contributed by atoms with Crippen LogP contribution in [0.3, 0.4) is 0 Å². The van der Waals surface area contributed by atoms with Crippen molar-refractivity contribution in [2.45, 2.75) is 12.5 Å². The Labute approximate surface area is 138 Å². The van der Waals surface area contributed by atoms with E-state index in [9.17, 15) is 24.3 Å². The highest BCUT2D eigenvalue weighted by atomic mass is 16.5. The quantitative estimate of drug-likeness (QED) is 0.355. The van der Waals surface area contributed by atoms with Crippen molar-refractivity contribution in [1.82, 2.24) is 14.7 Å². The van der Waals surface area contributed by atoms with Crippen molar-refractivity contribution in [3.05, 3.63) is 0 Å². The van der Waals surface area contributed by atoms with Crippen LogP contribution < -0.4 is 0 Å². The minimum absolute atomic E-state index is 0.0595. The molecule has 1 fully saturated rings. The molecule has 0 aliphatic carbocycles. The Balaban J connectivity index is 3.07. The average Bonchev–Trinajstić information content (AvgIpc) is 2.57. The first-order valence-corrected chi connectivity index (χ1v) is 7.12. The molecule has 136 valence electrons. The van der Waals surface area contributed by atoms with E-state index in [1.807, 2.05) is 0 Å². The summed E-state index contributed by atoms with van der Waals surface area (Å²) in [6.07, 6.45) is -1.35. The molecule has 11 nitrogen and oxygen atoms in total. The van der Waals surface area contributed by atoms with E-state index >= 15 is 0 Å². The van der Waals surface area contributed by atoms with E-state index in [2.05, 4.69) is 4.74 Å². The number of rotatable bonds is 8. The molecule has 1 rings (SSSR count). The summed E-state index contributed by atoms with van der Waals surface area (Å²) in [7, 11) is 0. The minimum Gasteiger partial charge on any atom is -0.480 e. The first-order valence-electron chi connectivity index (χ1n) is 7.12. The summed E-state index contributed by atoms with van der Waals surface area (Å²) >= 11 is 0. The lowest BCUT2D eigenvalue weighted by atomic mass is 9.99. The highest BCUT2D eigenvalue weighted by molar-refractivity contribution is 5.70. The van der Waals surface area contributed by atoms with Gasteiger partial charge in [0, 0.05) is 26.2 Å². The second-order valence-corrected chi connectivity index (χ2v) is 5.81. The highest BCUT2D eigenvalue weighted by Crippen LogP contribution is 2.22. The molecule has 0 bridgehead atoms. The Hall–Kier alpha value is -2.40. The molecule has 3 N–H and O–H groups in total. The number of aliphatic carboxylic acids is 2. The number of carbonyl (C=O) groups is 4. The predicted molar refractivity (Wildman–Crippen MR) is 78.4 cm³/mol. The lowest BCUT2D eigenvalue weighted by molar-refractivity contribution is -0.139. The maximum absolute atomic E-state index is 11.5. The summed E-state index contributed by atoms with van der Waals surface area (Å²) in [6, 6.07) is 0. The van der Waals surface area contributed by atoms with Crippen LogP contribution in [0.2, 0.25) is 0 Å². The molecule has 1 aliphatic rings. The number of ether oxygens (including phenoxy) is 1. The van der Waals surface area contributed by atoms with E-state index in [0.29, 0.717) is 0 Å². The van der Waals surface area contributed by atoms with Crippen molar-refractivity contribution in [1.29, 1.82) is 0 Å². The number of carboxylic acid groups (broad SMARTS) is 3. The Bertz CT molecular complexity index is 472. The SMILES string of the molecule is CC1(N(COC=O)C(=O)O)CN(CC(=O)O)CCN(CC(=O)O)C1. The number of hydrogen-bond donors (Lipinski definition) is 3. The fraction of sp³-hybridized carbons (Fsp3) is 0.692. The molecule has 0 saturated carbocycles. The van der Waals surface area contributed by atoms with E-state index in [1.165, 1.54) is 9.80 Å². The molecule has 1 heterocycles. The Morgan fingerprint density at radius 3 is 1.88 bits per heavy atom. The van der Waals surface area contributed by atoms with Crippen LogP contribution in [0.5, 0.6) is 0 Å². The summed E-state index contributed by atoms with van der Waals surface area (Å²) in [5.74, 6) is -2.15. The van der Waals surface area contributed by atoms with Gasteiger partial charge in [0.2, 0.25) is 0 Å². The largest absolute Gasteiger partial charge is 0.480 e. The van der Waals surface area contributed by atoms with Crippen LogP contribution in [0.15, 0.2) is 0 Å². The van der Waals surface area contributed by atoms with Gasteiger partial charge in [-0.3, -0.25) is 29.1 Å². The second-order valence-electron chi connectivity index (χ2n) is 5.81. The van der Waals surface area contributed by atoms with Gasteiger partial charge in [-0.25, -0.2) is 4.79 Å². The van der Waals surface area contributed by atoms with Crippen LogP contribution in [-0.2, 0) is 19.1 Å². The van der Waals surface area contributed by atoms with E-state index < -0.39 is 30.3 Å². The highest BCUT2D eigenvalue weighted by Gasteiger charge is 2.41. The Morgan fingerprint density at radius 1 is 1.08 bits per heavy atom. The third-order valence-electron chi connectivity index (χ3n) is 3.73. The summed E-state index contributed by atoms with van der Waals surface area (Å²) in [6.45, 7) is 1.20. The van der Waals surface area contributed by atoms with Gasteiger partial charge in [-0.05, 0) is 6.92 Å². The zero-order valence-electron chi connectivity index (χ0n) is 13.3. The van der Waals surface area contributed by atoms with E-state index in [4.69, 9.17) is 10.2 Å². The monoisotopic (exact) mass is 347 g/mol. The molecule has 0 aromatic rings. The van der Waals surface area contributed by atoms with Crippen molar-refractivity contribution in [2.24, 2.45) is 0 Å². The number of carboxylic acids is 2. The molecule has 11 heteroatoms. The molecule has 0 aromatic carbocycles. The first-order chi connectivity index (χ1) is 11.2. The zero-order valence-corrected chi connectivity index (χ0v) is 13.3. The van der Waals surface area contributed by atoms with E-state index in [1.54, 1.807) is 6.92 Å². The second kappa shape index (κ2) is 8.45. The molecule has 1 amide bonds. The molecular formula is C13H21N3O8. The number of nitrogens with zero attached hydrogens (tertiary/aromatic N) is 3. The summed E-state index contributed by atoms with van der Waals surface area (Å²) in [5, 5.41) is 27.4. The van der Waals surface area contributed by atoms with Gasteiger partial charge in [-0.2, -0.15) is 0 Å². The predicted octanol–water partition coefficient (Wildman–Crippen LogP) is -1.36. The van der Waals surface area contributed by atoms with Crippen molar-refractivity contribution in [3.8, 4) is 0 Å². The Morgan fingerprint density at radius 2 is 1.54 bits per heavy atom. The number of carbonyl (C=O) groups excluding carboxylic acids is 1. The maximum Gasteiger partial charge on any atom is 0.410 e. The summed E-state index contributed by atoms with van der Waals surface area (Å²) < 4.78 is 4.54. The first kappa shape index (κ1) is 19.6. The van der Waals surface area contributed by atoms with Crippen LogP contribution in [-0.4, -0.2) is 106 Å². The van der Waals surface area contributed by atoms with Gasteiger partial charge in [-0.15, -0.1) is 0 Å². The van der Waals surface area contributed by atoms with Crippen molar-refractivity contribution >= 4 is 24.5 Å². The summed E-state index contributed by atoms with van der Waals surface area (Å²) in [5.41, 5.74) is -1.16. The van der Waals surface area contributed by atoms with Crippen LogP contribution >= 0.6 is 0 Å². The van der Waals surface area contributed by atoms with Crippen molar-refractivity contribution in [3.63, 3.8) is 0 Å². The van der Waals surface area contributed by atoms with Gasteiger partial charge in [0.1, 0.15) is 0 Å². The maximum atomic E-state index is 11.5. The average molecular weight is 347 g/mol. The third kappa shape index (κ3) is 5.66. The van der Waals surface area contributed by atoms with Gasteiger partial charge in [0.15, 0.2) is 6.73 Å². The zero-order chi connectivity index (χ0) is 18.3. The topological polar surface area (TPSA) is 148 Å². The smallest absolute Gasteiger partial charge is 0.410 e. The van der Waals surface area contributed by atoms with Crippen LogP contribution in [0.25, 0.3) is 0 Å². The lowest BCUT2D eigenvalue weighted by Gasteiger charge is -2.41.